The van der Waals surface area contributed by atoms with Crippen LogP contribution in [0.15, 0.2) is 285 Å². The van der Waals surface area contributed by atoms with Gasteiger partial charge in [0.2, 0.25) is 0 Å². The van der Waals surface area contributed by atoms with Crippen LogP contribution in [0.3, 0.4) is 0 Å². The van der Waals surface area contributed by atoms with Crippen LogP contribution >= 0.6 is 0 Å². The van der Waals surface area contributed by atoms with E-state index in [4.69, 9.17) is 0 Å². The Morgan fingerprint density at radius 2 is 0.629 bits per heavy atom. The van der Waals surface area contributed by atoms with Crippen molar-refractivity contribution in [2.24, 2.45) is 0 Å². The van der Waals surface area contributed by atoms with Gasteiger partial charge in [0.05, 0.1) is 16.8 Å². The van der Waals surface area contributed by atoms with Gasteiger partial charge in [0.25, 0.3) is 0 Å². The van der Waals surface area contributed by atoms with E-state index in [0.29, 0.717) is 0 Å². The van der Waals surface area contributed by atoms with E-state index in [1.54, 1.807) is 0 Å². The van der Waals surface area contributed by atoms with Crippen LogP contribution < -0.4 is 4.90 Å². The molecule has 0 saturated heterocycles. The lowest BCUT2D eigenvalue weighted by Crippen LogP contribution is -2.28. The van der Waals surface area contributed by atoms with Crippen LogP contribution in [0, 0.1) is 0 Å². The molecule has 0 unspecified atom stereocenters. The highest BCUT2D eigenvalue weighted by atomic mass is 15.1. The molecule has 12 aromatic carbocycles. The molecule has 0 aliphatic heterocycles. The fourth-order valence-electron chi connectivity index (χ4n) is 11.5. The van der Waals surface area contributed by atoms with Crippen molar-refractivity contribution in [1.82, 2.24) is 0 Å². The van der Waals surface area contributed by atoms with Crippen molar-refractivity contribution in [2.45, 2.75) is 5.41 Å². The maximum atomic E-state index is 2.54. The Hall–Kier alpha value is -9.04. The SMILES string of the molecule is c1ccc(-c2ccc(-c3ccc(-c4c(N(c5ccc(C6(c7ccccc7)c7ccccc7-c7ccccc76)cc5)c5ccccc5-c5ccccc5)c5ccccc5c5ccccc45)cc3)cc2)cc1. The first-order chi connectivity index (χ1) is 34.8. The van der Waals surface area contributed by atoms with Gasteiger partial charge in [0, 0.05) is 22.2 Å². The minimum Gasteiger partial charge on any atom is -0.309 e. The number of rotatable bonds is 9. The number of nitrogens with zero attached hydrogens (tertiary/aromatic N) is 1. The molecule has 328 valence electrons. The number of para-hydroxylation sites is 1. The van der Waals surface area contributed by atoms with Gasteiger partial charge in [0.15, 0.2) is 0 Å². The van der Waals surface area contributed by atoms with Crippen LogP contribution in [-0.4, -0.2) is 0 Å². The third-order valence-electron chi connectivity index (χ3n) is 14.6. The maximum Gasteiger partial charge on any atom is 0.0713 e. The Bertz CT molecular complexity index is 3790. The van der Waals surface area contributed by atoms with E-state index in [1.807, 2.05) is 0 Å². The van der Waals surface area contributed by atoms with Gasteiger partial charge < -0.3 is 4.90 Å². The maximum absolute atomic E-state index is 2.54. The topological polar surface area (TPSA) is 3.24 Å². The molecule has 0 heterocycles. The minimum absolute atomic E-state index is 0.510. The van der Waals surface area contributed by atoms with Gasteiger partial charge in [-0.15, -0.1) is 0 Å². The summed E-state index contributed by atoms with van der Waals surface area (Å²) in [5.41, 5.74) is 19.9. The first-order valence-corrected chi connectivity index (χ1v) is 24.3. The quantitative estimate of drug-likeness (QED) is 0.131. The molecule has 0 N–H and O–H groups in total. The molecule has 70 heavy (non-hydrogen) atoms. The highest BCUT2D eigenvalue weighted by molar-refractivity contribution is 6.22. The van der Waals surface area contributed by atoms with Crippen molar-refractivity contribution in [3.05, 3.63) is 307 Å². The standard InChI is InChI=1S/C69H47N/c1-4-20-48(21-5-1)49-36-38-50(39-37-49)51-40-42-53(43-41-51)67-62-31-12-10-27-58(62)59-28-11-13-32-63(59)68(67)70(66-35-19-16-26-57(66)52-22-6-2-7-23-52)56-46-44-55(45-47-56)69(54-24-8-3-9-25-54)64-33-17-14-29-60(64)61-30-15-18-34-65(61)69/h1-47H. The Balaban J connectivity index is 1.05. The van der Waals surface area contributed by atoms with Crippen LogP contribution in [-0.2, 0) is 5.41 Å². The van der Waals surface area contributed by atoms with Crippen molar-refractivity contribution in [3.63, 3.8) is 0 Å². The Labute approximate surface area is 409 Å². The largest absolute Gasteiger partial charge is 0.309 e. The zero-order chi connectivity index (χ0) is 46.4. The van der Waals surface area contributed by atoms with Crippen molar-refractivity contribution in [3.8, 4) is 55.6 Å². The molecule has 0 amide bonds. The van der Waals surface area contributed by atoms with E-state index < -0.39 is 5.41 Å². The average Bonchev–Trinajstić information content (AvgIpc) is 3.75. The number of anilines is 3. The Morgan fingerprint density at radius 3 is 1.20 bits per heavy atom. The molecular weight excluding hydrogens is 843 g/mol. The average molecular weight is 890 g/mol. The van der Waals surface area contributed by atoms with Gasteiger partial charge >= 0.3 is 0 Å². The van der Waals surface area contributed by atoms with E-state index >= 15 is 0 Å². The molecule has 0 radical (unpaired) electrons. The van der Waals surface area contributed by atoms with Crippen molar-refractivity contribution in [2.75, 3.05) is 4.90 Å². The van der Waals surface area contributed by atoms with Crippen molar-refractivity contribution < 1.29 is 0 Å². The summed E-state index contributed by atoms with van der Waals surface area (Å²) >= 11 is 0. The van der Waals surface area contributed by atoms with Gasteiger partial charge in [-0.1, -0.05) is 267 Å². The van der Waals surface area contributed by atoms with Gasteiger partial charge in [-0.3, -0.25) is 0 Å². The Morgan fingerprint density at radius 1 is 0.243 bits per heavy atom. The van der Waals surface area contributed by atoms with Crippen molar-refractivity contribution >= 4 is 38.6 Å². The lowest BCUT2D eigenvalue weighted by Gasteiger charge is -2.35. The first kappa shape index (κ1) is 41.2. The highest BCUT2D eigenvalue weighted by Crippen LogP contribution is 2.57. The molecule has 0 saturated carbocycles. The van der Waals surface area contributed by atoms with Gasteiger partial charge in [-0.05, 0) is 101 Å². The van der Waals surface area contributed by atoms with E-state index in [1.165, 1.54) is 82.7 Å². The molecule has 12 aromatic rings. The summed E-state index contributed by atoms with van der Waals surface area (Å²) in [5.74, 6) is 0. The minimum atomic E-state index is -0.510. The second-order valence-electron chi connectivity index (χ2n) is 18.3. The van der Waals surface area contributed by atoms with E-state index in [0.717, 1.165) is 33.8 Å². The van der Waals surface area contributed by atoms with E-state index in [2.05, 4.69) is 290 Å². The number of hydrogen-bond acceptors (Lipinski definition) is 1. The molecule has 1 nitrogen and oxygen atoms in total. The first-order valence-electron chi connectivity index (χ1n) is 24.3. The predicted molar refractivity (Wildman–Crippen MR) is 295 cm³/mol. The second kappa shape index (κ2) is 17.2. The molecule has 0 aromatic heterocycles. The molecule has 13 rings (SSSR count). The molecular formula is C69H47N. The summed E-state index contributed by atoms with van der Waals surface area (Å²) in [4.78, 5) is 2.54. The monoisotopic (exact) mass is 889 g/mol. The number of fused-ring (bicyclic) bond motifs is 6. The summed E-state index contributed by atoms with van der Waals surface area (Å²) in [6.07, 6.45) is 0. The zero-order valence-electron chi connectivity index (χ0n) is 38.6. The van der Waals surface area contributed by atoms with Crippen LogP contribution in [0.25, 0.3) is 77.2 Å². The summed E-state index contributed by atoms with van der Waals surface area (Å²) in [5, 5.41) is 4.83. The lowest BCUT2D eigenvalue weighted by molar-refractivity contribution is 0.768. The van der Waals surface area contributed by atoms with Crippen LogP contribution in [0.1, 0.15) is 22.3 Å². The molecule has 0 fully saturated rings. The van der Waals surface area contributed by atoms with Gasteiger partial charge in [0.1, 0.15) is 0 Å². The smallest absolute Gasteiger partial charge is 0.0713 e. The Kier molecular flexibility index (Phi) is 10.1. The molecule has 0 atom stereocenters. The molecule has 1 aliphatic carbocycles. The van der Waals surface area contributed by atoms with E-state index in [9.17, 15) is 0 Å². The van der Waals surface area contributed by atoms with Crippen LogP contribution in [0.4, 0.5) is 17.1 Å². The number of benzene rings is 12. The fraction of sp³-hybridized carbons (Fsp3) is 0.0145. The summed E-state index contributed by atoms with van der Waals surface area (Å²) < 4.78 is 0. The van der Waals surface area contributed by atoms with E-state index in [-0.39, 0.29) is 0 Å². The highest BCUT2D eigenvalue weighted by Gasteiger charge is 2.46. The molecule has 0 spiro atoms. The normalized spacial score (nSPS) is 12.4. The molecule has 1 heteroatoms. The van der Waals surface area contributed by atoms with Crippen LogP contribution in [0.5, 0.6) is 0 Å². The lowest BCUT2D eigenvalue weighted by atomic mass is 9.67. The third kappa shape index (κ3) is 6.70. The van der Waals surface area contributed by atoms with Crippen LogP contribution in [0.2, 0.25) is 0 Å². The number of hydrogen-bond donors (Lipinski definition) is 0. The van der Waals surface area contributed by atoms with Gasteiger partial charge in [-0.25, -0.2) is 0 Å². The second-order valence-corrected chi connectivity index (χ2v) is 18.3. The molecule has 0 bridgehead atoms. The summed E-state index contributed by atoms with van der Waals surface area (Å²) in [6.45, 7) is 0. The fourth-order valence-corrected chi connectivity index (χ4v) is 11.5. The summed E-state index contributed by atoms with van der Waals surface area (Å²) in [6, 6.07) is 105. The molecule has 1 aliphatic rings. The predicted octanol–water partition coefficient (Wildman–Crippen LogP) is 18.5. The summed E-state index contributed by atoms with van der Waals surface area (Å²) in [7, 11) is 0. The van der Waals surface area contributed by atoms with Gasteiger partial charge in [-0.2, -0.15) is 0 Å². The third-order valence-corrected chi connectivity index (χ3v) is 14.6. The van der Waals surface area contributed by atoms with Crippen molar-refractivity contribution in [1.29, 1.82) is 0 Å². The zero-order valence-corrected chi connectivity index (χ0v) is 38.6.